The number of nitrogens with zero attached hydrogens (tertiary/aromatic N) is 3. The molecule has 1 aliphatic rings. The molecule has 7 heteroatoms. The Kier molecular flexibility index (Phi) is 4.18. The molecule has 2 heterocycles. The summed E-state index contributed by atoms with van der Waals surface area (Å²) in [5.74, 6) is -0.500. The highest BCUT2D eigenvalue weighted by Gasteiger charge is 2.34. The van der Waals surface area contributed by atoms with E-state index in [1.165, 1.54) is 12.4 Å². The minimum Gasteiger partial charge on any atom is -0.478 e. The van der Waals surface area contributed by atoms with E-state index < -0.39 is 5.97 Å². The number of carboxylic acids is 1. The number of hydrogen-bond acceptors (Lipinski definition) is 5. The fourth-order valence-electron chi connectivity index (χ4n) is 2.26. The van der Waals surface area contributed by atoms with Crippen LogP contribution >= 0.6 is 0 Å². The van der Waals surface area contributed by atoms with Crippen molar-refractivity contribution < 1.29 is 19.4 Å². The molecule has 118 valence electrons. The van der Waals surface area contributed by atoms with Crippen molar-refractivity contribution in [3.05, 3.63) is 59.7 Å². The predicted molar refractivity (Wildman–Crippen MR) is 79.9 cm³/mol. The number of aromatic nitrogens is 2. The molecule has 23 heavy (non-hydrogen) atoms. The summed E-state index contributed by atoms with van der Waals surface area (Å²) in [6.07, 6.45) is 2.19. The molecule has 7 nitrogen and oxygen atoms in total. The van der Waals surface area contributed by atoms with Gasteiger partial charge in [0, 0.05) is 25.5 Å². The summed E-state index contributed by atoms with van der Waals surface area (Å²) in [4.78, 5) is 32.3. The monoisotopic (exact) mass is 313 g/mol. The van der Waals surface area contributed by atoms with Gasteiger partial charge in [-0.25, -0.2) is 19.6 Å². The molecule has 3 rings (SSSR count). The van der Waals surface area contributed by atoms with Gasteiger partial charge in [-0.05, 0) is 5.56 Å². The SMILES string of the molecule is O=C(O)c1cnc(C2CN(C(=O)OCc3ccccc3)C2)nc1. The number of amides is 1. The van der Waals surface area contributed by atoms with Crippen LogP contribution in [0.15, 0.2) is 42.7 Å². The fourth-order valence-corrected chi connectivity index (χ4v) is 2.26. The van der Waals surface area contributed by atoms with Crippen LogP contribution < -0.4 is 0 Å². The van der Waals surface area contributed by atoms with Crippen LogP contribution in [0.25, 0.3) is 0 Å². The zero-order valence-corrected chi connectivity index (χ0v) is 12.3. The molecule has 0 aliphatic carbocycles. The van der Waals surface area contributed by atoms with Gasteiger partial charge in [-0.1, -0.05) is 30.3 Å². The highest BCUT2D eigenvalue weighted by atomic mass is 16.6. The summed E-state index contributed by atoms with van der Waals surface area (Å²) in [6.45, 7) is 1.19. The van der Waals surface area contributed by atoms with Crippen LogP contribution in [0.3, 0.4) is 0 Å². The molecule has 0 spiro atoms. The van der Waals surface area contributed by atoms with Crippen molar-refractivity contribution in [1.29, 1.82) is 0 Å². The topological polar surface area (TPSA) is 92.6 Å². The molecule has 0 atom stereocenters. The summed E-state index contributed by atoms with van der Waals surface area (Å²) >= 11 is 0. The number of likely N-dealkylation sites (tertiary alicyclic amines) is 1. The number of carbonyl (C=O) groups is 2. The lowest BCUT2D eigenvalue weighted by molar-refractivity contribution is 0.0650. The maximum atomic E-state index is 11.9. The maximum absolute atomic E-state index is 11.9. The molecule has 1 aromatic heterocycles. The van der Waals surface area contributed by atoms with Crippen LogP contribution in [0.5, 0.6) is 0 Å². The van der Waals surface area contributed by atoms with Crippen molar-refractivity contribution in [3.63, 3.8) is 0 Å². The van der Waals surface area contributed by atoms with Crippen LogP contribution in [-0.4, -0.2) is 45.1 Å². The number of rotatable bonds is 4. The summed E-state index contributed by atoms with van der Waals surface area (Å²) in [5, 5.41) is 8.80. The van der Waals surface area contributed by atoms with E-state index in [2.05, 4.69) is 9.97 Å². The molecule has 0 bridgehead atoms. The van der Waals surface area contributed by atoms with Crippen LogP contribution in [-0.2, 0) is 11.3 Å². The standard InChI is InChI=1S/C16H15N3O4/c20-15(21)12-6-17-14(18-7-12)13-8-19(9-13)16(22)23-10-11-4-2-1-3-5-11/h1-7,13H,8-10H2,(H,20,21). The zero-order valence-electron chi connectivity index (χ0n) is 12.3. The Morgan fingerprint density at radius 1 is 1.17 bits per heavy atom. The van der Waals surface area contributed by atoms with E-state index in [9.17, 15) is 9.59 Å². The van der Waals surface area contributed by atoms with Gasteiger partial charge in [0.1, 0.15) is 12.4 Å². The van der Waals surface area contributed by atoms with E-state index in [-0.39, 0.29) is 24.2 Å². The van der Waals surface area contributed by atoms with Crippen molar-refractivity contribution in [2.75, 3.05) is 13.1 Å². The van der Waals surface area contributed by atoms with E-state index in [1.807, 2.05) is 30.3 Å². The van der Waals surface area contributed by atoms with E-state index in [1.54, 1.807) is 4.90 Å². The number of carbonyl (C=O) groups excluding carboxylic acids is 1. The second-order valence-electron chi connectivity index (χ2n) is 5.28. The Bertz CT molecular complexity index is 697. The predicted octanol–water partition coefficient (Wildman–Crippen LogP) is 1.91. The average Bonchev–Trinajstić information content (AvgIpc) is 2.53. The molecule has 1 fully saturated rings. The average molecular weight is 313 g/mol. The number of ether oxygens (including phenoxy) is 1. The Balaban J connectivity index is 1.48. The van der Waals surface area contributed by atoms with E-state index in [0.717, 1.165) is 5.56 Å². The van der Waals surface area contributed by atoms with Crippen molar-refractivity contribution >= 4 is 12.1 Å². The molecule has 0 unspecified atom stereocenters. The summed E-state index contributed by atoms with van der Waals surface area (Å²) < 4.78 is 5.24. The summed E-state index contributed by atoms with van der Waals surface area (Å²) in [7, 11) is 0. The number of carboxylic acid groups (broad SMARTS) is 1. The number of aromatic carboxylic acids is 1. The van der Waals surface area contributed by atoms with Crippen LogP contribution in [0, 0.1) is 0 Å². The normalized spacial score (nSPS) is 14.2. The van der Waals surface area contributed by atoms with E-state index in [0.29, 0.717) is 18.9 Å². The van der Waals surface area contributed by atoms with Gasteiger partial charge in [0.15, 0.2) is 0 Å². The molecule has 1 aliphatic heterocycles. The van der Waals surface area contributed by atoms with Crippen molar-refractivity contribution in [2.45, 2.75) is 12.5 Å². The Labute approximate surface area is 132 Å². The third-order valence-electron chi connectivity index (χ3n) is 3.63. The molecular formula is C16H15N3O4. The first-order chi connectivity index (χ1) is 11.1. The molecule has 1 aromatic carbocycles. The fraction of sp³-hybridized carbons (Fsp3) is 0.250. The first kappa shape index (κ1) is 15.0. The van der Waals surface area contributed by atoms with Crippen molar-refractivity contribution in [3.8, 4) is 0 Å². The first-order valence-electron chi connectivity index (χ1n) is 7.14. The maximum Gasteiger partial charge on any atom is 0.410 e. The van der Waals surface area contributed by atoms with Crippen LogP contribution in [0.4, 0.5) is 4.79 Å². The molecular weight excluding hydrogens is 298 g/mol. The van der Waals surface area contributed by atoms with Gasteiger partial charge in [0.2, 0.25) is 0 Å². The third kappa shape index (κ3) is 3.45. The lowest BCUT2D eigenvalue weighted by atomic mass is 10.00. The molecule has 0 radical (unpaired) electrons. The van der Waals surface area contributed by atoms with E-state index in [4.69, 9.17) is 9.84 Å². The summed E-state index contributed by atoms with van der Waals surface area (Å²) in [6, 6.07) is 9.47. The molecule has 1 amide bonds. The van der Waals surface area contributed by atoms with Crippen molar-refractivity contribution in [2.24, 2.45) is 0 Å². The summed E-state index contributed by atoms with van der Waals surface area (Å²) in [5.41, 5.74) is 0.984. The lowest BCUT2D eigenvalue weighted by Crippen LogP contribution is -2.49. The largest absolute Gasteiger partial charge is 0.478 e. The Morgan fingerprint density at radius 3 is 2.43 bits per heavy atom. The van der Waals surface area contributed by atoms with Gasteiger partial charge in [0.05, 0.1) is 11.5 Å². The molecule has 2 aromatic rings. The van der Waals surface area contributed by atoms with Gasteiger partial charge < -0.3 is 14.7 Å². The first-order valence-corrected chi connectivity index (χ1v) is 7.14. The minimum atomic E-state index is -1.06. The minimum absolute atomic E-state index is 0.0159. The highest BCUT2D eigenvalue weighted by molar-refractivity contribution is 5.86. The second kappa shape index (κ2) is 6.43. The van der Waals surface area contributed by atoms with Crippen LogP contribution in [0.2, 0.25) is 0 Å². The van der Waals surface area contributed by atoms with Crippen molar-refractivity contribution in [1.82, 2.24) is 14.9 Å². The Morgan fingerprint density at radius 2 is 1.83 bits per heavy atom. The highest BCUT2D eigenvalue weighted by Crippen LogP contribution is 2.24. The smallest absolute Gasteiger partial charge is 0.410 e. The molecule has 0 saturated carbocycles. The second-order valence-corrected chi connectivity index (χ2v) is 5.28. The van der Waals surface area contributed by atoms with Gasteiger partial charge in [-0.3, -0.25) is 0 Å². The Hall–Kier alpha value is -2.96. The van der Waals surface area contributed by atoms with E-state index >= 15 is 0 Å². The van der Waals surface area contributed by atoms with Gasteiger partial charge in [0.25, 0.3) is 0 Å². The third-order valence-corrected chi connectivity index (χ3v) is 3.63. The number of hydrogen-bond donors (Lipinski definition) is 1. The zero-order chi connectivity index (χ0) is 16.2. The van der Waals surface area contributed by atoms with Crippen LogP contribution in [0.1, 0.15) is 27.7 Å². The molecule has 1 N–H and O–H groups in total. The molecule has 1 saturated heterocycles. The number of benzene rings is 1. The van der Waals surface area contributed by atoms with Gasteiger partial charge >= 0.3 is 12.1 Å². The quantitative estimate of drug-likeness (QED) is 0.927. The lowest BCUT2D eigenvalue weighted by Gasteiger charge is -2.37. The van der Waals surface area contributed by atoms with Gasteiger partial charge in [-0.15, -0.1) is 0 Å². The van der Waals surface area contributed by atoms with Gasteiger partial charge in [-0.2, -0.15) is 0 Å².